The van der Waals surface area contributed by atoms with Gasteiger partial charge in [-0.15, -0.1) is 0 Å². The Morgan fingerprint density at radius 3 is 2.44 bits per heavy atom. The maximum atomic E-state index is 13.2. The smallest absolute Gasteiger partial charge is 0.410 e. The predicted molar refractivity (Wildman–Crippen MR) is 150 cm³/mol. The average molecular weight is 567 g/mol. The third-order valence-corrected chi connectivity index (χ3v) is 6.62. The fourth-order valence-electron chi connectivity index (χ4n) is 4.91. The molecule has 0 saturated heterocycles. The van der Waals surface area contributed by atoms with Crippen molar-refractivity contribution < 1.29 is 33.1 Å². The summed E-state index contributed by atoms with van der Waals surface area (Å²) in [6.45, 7) is 11.8. The number of carbonyl (C=O) groups is 4. The van der Waals surface area contributed by atoms with Gasteiger partial charge in [-0.25, -0.2) is 9.78 Å². The number of carbonyl (C=O) groups excluding carboxylic acids is 4. The number of rotatable bonds is 7. The molecule has 220 valence electrons. The third-order valence-electron chi connectivity index (χ3n) is 6.62. The average Bonchev–Trinajstić information content (AvgIpc) is 3.47. The second kappa shape index (κ2) is 11.4. The van der Waals surface area contributed by atoms with Gasteiger partial charge in [0.25, 0.3) is 5.91 Å². The fraction of sp³-hybridized carbons (Fsp3) is 0.500. The van der Waals surface area contributed by atoms with Gasteiger partial charge in [0.05, 0.1) is 6.54 Å². The van der Waals surface area contributed by atoms with Crippen LogP contribution in [0.2, 0.25) is 0 Å². The fourth-order valence-corrected chi connectivity index (χ4v) is 4.91. The molecule has 0 fully saturated rings. The molecule has 1 aromatic heterocycles. The summed E-state index contributed by atoms with van der Waals surface area (Å²) in [6.07, 6.45) is 3.63. The molecular weight excluding hydrogens is 528 g/mol. The Labute approximate surface area is 239 Å². The van der Waals surface area contributed by atoms with Gasteiger partial charge in [0, 0.05) is 36.2 Å². The third kappa shape index (κ3) is 7.14. The highest BCUT2D eigenvalue weighted by molar-refractivity contribution is 6.01. The van der Waals surface area contributed by atoms with E-state index in [-0.39, 0.29) is 25.3 Å². The second-order valence-electron chi connectivity index (χ2n) is 12.3. The van der Waals surface area contributed by atoms with Crippen molar-refractivity contribution in [2.45, 2.75) is 84.6 Å². The number of primary amides is 1. The molecule has 0 spiro atoms. The predicted octanol–water partition coefficient (Wildman–Crippen LogP) is 4.30. The van der Waals surface area contributed by atoms with E-state index in [0.717, 1.165) is 11.1 Å². The minimum absolute atomic E-state index is 0.0476. The van der Waals surface area contributed by atoms with E-state index in [1.807, 2.05) is 32.9 Å². The van der Waals surface area contributed by atoms with Crippen LogP contribution in [0.25, 0.3) is 16.8 Å². The van der Waals surface area contributed by atoms with E-state index in [9.17, 15) is 19.2 Å². The number of amides is 3. The molecule has 0 bridgehead atoms. The molecule has 0 radical (unpaired) electrons. The minimum atomic E-state index is -0.959. The molecule has 11 heteroatoms. The summed E-state index contributed by atoms with van der Waals surface area (Å²) in [5.74, 6) is -0.946. The van der Waals surface area contributed by atoms with Crippen molar-refractivity contribution in [3.05, 3.63) is 47.6 Å². The van der Waals surface area contributed by atoms with Crippen molar-refractivity contribution in [3.63, 3.8) is 0 Å². The van der Waals surface area contributed by atoms with Gasteiger partial charge in [-0.3, -0.25) is 14.4 Å². The van der Waals surface area contributed by atoms with Crippen LogP contribution in [0.5, 0.6) is 0 Å². The zero-order chi connectivity index (χ0) is 30.1. The van der Waals surface area contributed by atoms with Gasteiger partial charge in [-0.2, -0.15) is 0 Å². The maximum Gasteiger partial charge on any atom is 0.410 e. The summed E-state index contributed by atoms with van der Waals surface area (Å²) >= 11 is 0. The van der Waals surface area contributed by atoms with Gasteiger partial charge >= 0.3 is 12.1 Å². The van der Waals surface area contributed by atoms with E-state index in [1.165, 1.54) is 11.3 Å². The van der Waals surface area contributed by atoms with E-state index >= 15 is 0 Å². The van der Waals surface area contributed by atoms with E-state index in [1.54, 1.807) is 37.8 Å². The van der Waals surface area contributed by atoms with Gasteiger partial charge in [0.1, 0.15) is 22.9 Å². The summed E-state index contributed by atoms with van der Waals surface area (Å²) < 4.78 is 16.6. The Bertz CT molecular complexity index is 1380. The van der Waals surface area contributed by atoms with Gasteiger partial charge in [-0.1, -0.05) is 12.1 Å². The van der Waals surface area contributed by atoms with Crippen LogP contribution >= 0.6 is 0 Å². The Kier molecular flexibility index (Phi) is 8.28. The summed E-state index contributed by atoms with van der Waals surface area (Å²) in [6, 6.07) is 4.35. The number of aromatic nitrogens is 1. The quantitative estimate of drug-likeness (QED) is 0.489. The lowest BCUT2D eigenvalue weighted by Gasteiger charge is -2.29. The van der Waals surface area contributed by atoms with Crippen LogP contribution in [0.4, 0.5) is 4.79 Å². The van der Waals surface area contributed by atoms with Crippen LogP contribution in [-0.4, -0.2) is 69.0 Å². The van der Waals surface area contributed by atoms with Crippen LogP contribution in [0.3, 0.4) is 0 Å². The van der Waals surface area contributed by atoms with Crippen molar-refractivity contribution >= 4 is 29.5 Å². The normalized spacial score (nSPS) is 16.2. The largest absolute Gasteiger partial charge is 0.460 e. The second-order valence-corrected chi connectivity index (χ2v) is 12.3. The summed E-state index contributed by atoms with van der Waals surface area (Å²) in [7, 11) is 0. The van der Waals surface area contributed by atoms with Crippen molar-refractivity contribution in [2.75, 3.05) is 13.1 Å². The molecule has 3 heterocycles. The summed E-state index contributed by atoms with van der Waals surface area (Å²) in [4.78, 5) is 57.9. The van der Waals surface area contributed by atoms with Crippen molar-refractivity contribution in [1.82, 2.24) is 14.8 Å². The Balaban J connectivity index is 1.51. The van der Waals surface area contributed by atoms with E-state index < -0.39 is 35.2 Å². The number of oxazole rings is 1. The Hall–Kier alpha value is -4.15. The molecule has 3 amide bonds. The number of esters is 1. The molecular formula is C30H38N4O7. The first kappa shape index (κ1) is 29.8. The SMILES string of the molecule is CC(C)(C)OC(=O)CCC(C(N)=O)N1Cc2cc(-c3ncoc3C3=CCCN(C(=O)OC(C)(C)C)C3)ccc2C1=O. The van der Waals surface area contributed by atoms with Gasteiger partial charge < -0.3 is 29.4 Å². The van der Waals surface area contributed by atoms with Gasteiger partial charge in [0.15, 0.2) is 12.2 Å². The van der Waals surface area contributed by atoms with Crippen LogP contribution < -0.4 is 5.73 Å². The maximum absolute atomic E-state index is 13.2. The molecule has 41 heavy (non-hydrogen) atoms. The lowest BCUT2D eigenvalue weighted by atomic mass is 9.99. The zero-order valence-corrected chi connectivity index (χ0v) is 24.5. The van der Waals surface area contributed by atoms with E-state index in [2.05, 4.69) is 4.98 Å². The summed E-state index contributed by atoms with van der Waals surface area (Å²) in [5, 5.41) is 0. The Morgan fingerprint density at radius 2 is 1.78 bits per heavy atom. The molecule has 11 nitrogen and oxygen atoms in total. The summed E-state index contributed by atoms with van der Waals surface area (Å²) in [5.41, 5.74) is 7.66. The van der Waals surface area contributed by atoms with Crippen LogP contribution in [0.15, 0.2) is 35.1 Å². The molecule has 0 saturated carbocycles. The number of nitrogens with zero attached hydrogens (tertiary/aromatic N) is 3. The number of fused-ring (bicyclic) bond motifs is 1. The standard InChI is InChI=1S/C30H38N4O7/c1-29(2,3)40-23(35)12-11-22(26(31)36)34-16-20-14-18(9-10-21(20)27(34)37)24-25(39-17-32-24)19-8-7-13-33(15-19)28(38)41-30(4,5)6/h8-10,14,17,22H,7,11-13,15-16H2,1-6H3,(H2,31,36). The number of hydrogen-bond donors (Lipinski definition) is 1. The minimum Gasteiger partial charge on any atom is -0.460 e. The van der Waals surface area contributed by atoms with Gasteiger partial charge in [0.2, 0.25) is 5.91 Å². The molecule has 4 rings (SSSR count). The van der Waals surface area contributed by atoms with Crippen molar-refractivity contribution in [3.8, 4) is 11.3 Å². The van der Waals surface area contributed by atoms with Crippen molar-refractivity contribution in [1.29, 1.82) is 0 Å². The molecule has 2 N–H and O–H groups in total. The highest BCUT2D eigenvalue weighted by atomic mass is 16.6. The number of hydrogen-bond acceptors (Lipinski definition) is 8. The van der Waals surface area contributed by atoms with Crippen LogP contribution in [0.1, 0.15) is 82.5 Å². The van der Waals surface area contributed by atoms with Crippen LogP contribution in [0, 0.1) is 0 Å². The van der Waals surface area contributed by atoms with Gasteiger partial charge in [-0.05, 0) is 72.1 Å². The highest BCUT2D eigenvalue weighted by Crippen LogP contribution is 2.34. The topological polar surface area (TPSA) is 145 Å². The van der Waals surface area contributed by atoms with Crippen LogP contribution in [-0.2, 0) is 25.6 Å². The number of nitrogens with two attached hydrogens (primary N) is 1. The molecule has 2 aromatic rings. The van der Waals surface area contributed by atoms with E-state index in [4.69, 9.17) is 19.6 Å². The lowest BCUT2D eigenvalue weighted by molar-refractivity contribution is -0.155. The first-order valence-corrected chi connectivity index (χ1v) is 13.7. The highest BCUT2D eigenvalue weighted by Gasteiger charge is 2.36. The molecule has 1 atom stereocenters. The molecule has 2 aliphatic rings. The molecule has 2 aliphatic heterocycles. The number of benzene rings is 1. The monoisotopic (exact) mass is 566 g/mol. The zero-order valence-electron chi connectivity index (χ0n) is 24.5. The van der Waals surface area contributed by atoms with E-state index in [0.29, 0.717) is 42.1 Å². The Morgan fingerprint density at radius 1 is 1.07 bits per heavy atom. The molecule has 1 unspecified atom stereocenters. The lowest BCUT2D eigenvalue weighted by Crippen LogP contribution is -2.45. The van der Waals surface area contributed by atoms with Crippen molar-refractivity contribution in [2.24, 2.45) is 5.73 Å². The first-order chi connectivity index (χ1) is 19.1. The molecule has 0 aliphatic carbocycles. The first-order valence-electron chi connectivity index (χ1n) is 13.7. The molecule has 1 aromatic carbocycles. The number of ether oxygens (including phenoxy) is 2.